The van der Waals surface area contributed by atoms with Crippen LogP contribution in [0.1, 0.15) is 133 Å². The molecule has 9 N–H and O–H groups in total. The summed E-state index contributed by atoms with van der Waals surface area (Å²) in [7, 11) is 0. The molecule has 278 valence electrons. The smallest absolute Gasteiger partial charge is 0.229 e. The zero-order valence-electron chi connectivity index (χ0n) is 32.5. The second-order valence-electron chi connectivity index (χ2n) is 17.4. The van der Waals surface area contributed by atoms with E-state index in [1.165, 1.54) is 0 Å². The van der Waals surface area contributed by atoms with Gasteiger partial charge in [0.05, 0.1) is 0 Å². The number of aromatic nitrogens is 3. The van der Waals surface area contributed by atoms with Crippen LogP contribution in [0.15, 0.2) is 0 Å². The summed E-state index contributed by atoms with van der Waals surface area (Å²) in [5.41, 5.74) is 5.90. The fraction of sp³-hybridized carbons (Fsp3) is 0.919. The molecule has 0 saturated carbocycles. The lowest BCUT2D eigenvalue weighted by Crippen LogP contribution is -2.60. The van der Waals surface area contributed by atoms with Crippen molar-refractivity contribution >= 4 is 17.8 Å². The van der Waals surface area contributed by atoms with Crippen molar-refractivity contribution in [2.24, 2.45) is 17.6 Å². The Labute approximate surface area is 294 Å². The fourth-order valence-corrected chi connectivity index (χ4v) is 8.83. The summed E-state index contributed by atoms with van der Waals surface area (Å²) >= 11 is 0. The van der Waals surface area contributed by atoms with Gasteiger partial charge >= 0.3 is 0 Å². The molecule has 1 aromatic heterocycles. The fourth-order valence-electron chi connectivity index (χ4n) is 8.83. The highest BCUT2D eigenvalue weighted by atomic mass is 15.3. The second kappa shape index (κ2) is 18.4. The van der Waals surface area contributed by atoms with Crippen molar-refractivity contribution in [3.8, 4) is 0 Å². The van der Waals surface area contributed by atoms with Crippen LogP contribution in [0.5, 0.6) is 0 Å². The van der Waals surface area contributed by atoms with Gasteiger partial charge in [0.25, 0.3) is 0 Å². The molecule has 3 rings (SSSR count). The molecule has 0 radical (unpaired) electrons. The lowest BCUT2D eigenvalue weighted by molar-refractivity contribution is 0.115. The molecule has 2 atom stereocenters. The van der Waals surface area contributed by atoms with E-state index in [-0.39, 0.29) is 22.2 Å². The summed E-state index contributed by atoms with van der Waals surface area (Å²) < 4.78 is 0. The molecule has 48 heavy (non-hydrogen) atoms. The van der Waals surface area contributed by atoms with Crippen molar-refractivity contribution in [2.75, 3.05) is 55.2 Å². The zero-order chi connectivity index (χ0) is 35.4. The second-order valence-corrected chi connectivity index (χ2v) is 17.4. The van der Waals surface area contributed by atoms with Crippen LogP contribution in [0.3, 0.4) is 0 Å². The van der Waals surface area contributed by atoms with Gasteiger partial charge in [-0.05, 0) is 138 Å². The Hall–Kier alpha value is -1.79. The Morgan fingerprint density at radius 2 is 1.00 bits per heavy atom. The van der Waals surface area contributed by atoms with Gasteiger partial charge in [0.15, 0.2) is 0 Å². The molecule has 11 nitrogen and oxygen atoms in total. The van der Waals surface area contributed by atoms with Crippen molar-refractivity contribution in [3.63, 3.8) is 0 Å². The molecule has 0 amide bonds. The Morgan fingerprint density at radius 3 is 1.40 bits per heavy atom. The molecule has 2 fully saturated rings. The number of hydrogen-bond donors (Lipinski definition) is 8. The first-order valence-electron chi connectivity index (χ1n) is 19.3. The average Bonchev–Trinajstić information content (AvgIpc) is 2.94. The summed E-state index contributed by atoms with van der Waals surface area (Å²) in [4.78, 5) is 15.0. The van der Waals surface area contributed by atoms with E-state index in [1.54, 1.807) is 0 Å². The number of piperidine rings is 2. The van der Waals surface area contributed by atoms with E-state index in [0.29, 0.717) is 41.8 Å². The summed E-state index contributed by atoms with van der Waals surface area (Å²) in [6.45, 7) is 28.6. The lowest BCUT2D eigenvalue weighted by atomic mass is 9.72. The topological polar surface area (TPSA) is 149 Å². The van der Waals surface area contributed by atoms with E-state index in [2.05, 4.69) is 106 Å². The van der Waals surface area contributed by atoms with Crippen molar-refractivity contribution in [1.82, 2.24) is 36.2 Å². The zero-order valence-corrected chi connectivity index (χ0v) is 32.5. The van der Waals surface area contributed by atoms with Crippen LogP contribution in [-0.4, -0.2) is 88.5 Å². The third kappa shape index (κ3) is 14.2. The highest BCUT2D eigenvalue weighted by molar-refractivity contribution is 5.43. The van der Waals surface area contributed by atoms with Crippen LogP contribution in [0.2, 0.25) is 0 Å². The molecule has 11 heteroatoms. The molecule has 2 aliphatic heterocycles. The molecular weight excluding hydrogens is 598 g/mol. The molecule has 0 bridgehead atoms. The lowest BCUT2D eigenvalue weighted by Gasteiger charge is -2.49. The molecule has 0 aliphatic carbocycles. The Balaban J connectivity index is 1.79. The number of anilines is 3. The van der Waals surface area contributed by atoms with Crippen molar-refractivity contribution in [1.29, 1.82) is 0 Å². The molecule has 0 aromatic carbocycles. The number of rotatable bonds is 21. The predicted molar refractivity (Wildman–Crippen MR) is 205 cm³/mol. The van der Waals surface area contributed by atoms with Gasteiger partial charge in [-0.2, -0.15) is 15.0 Å². The van der Waals surface area contributed by atoms with Crippen LogP contribution < -0.4 is 43.0 Å². The first kappa shape index (κ1) is 40.6. The van der Waals surface area contributed by atoms with Crippen LogP contribution in [-0.2, 0) is 0 Å². The van der Waals surface area contributed by atoms with Gasteiger partial charge in [-0.15, -0.1) is 0 Å². The normalized spacial score (nSPS) is 21.8. The standard InChI is InChI=1S/C37H75N11/c1-11-15-29(27-23-34(3,4)47-35(5,6)24-27)42-32-44-31(41-20-14-19-40-22-21-39-18-13-17-38)45-33(46-32)43-30(16-12-2)28-25-36(7,8)48-37(9,10)26-28/h27-30,39-40,47-48H,11-26,38H2,1-10H3,(H3,41,42,43,44,45,46). The Kier molecular flexibility index (Phi) is 15.6. The van der Waals surface area contributed by atoms with E-state index >= 15 is 0 Å². The first-order chi connectivity index (χ1) is 22.6. The summed E-state index contributed by atoms with van der Waals surface area (Å²) in [5, 5.41) is 25.9. The minimum Gasteiger partial charge on any atom is -0.354 e. The van der Waals surface area contributed by atoms with E-state index in [1.807, 2.05) is 0 Å². The molecular formula is C37H75N11. The van der Waals surface area contributed by atoms with Crippen molar-refractivity contribution in [2.45, 2.75) is 168 Å². The van der Waals surface area contributed by atoms with Crippen LogP contribution in [0, 0.1) is 11.8 Å². The maximum Gasteiger partial charge on any atom is 0.229 e. The monoisotopic (exact) mass is 674 g/mol. The van der Waals surface area contributed by atoms with Gasteiger partial charge in [-0.25, -0.2) is 0 Å². The SMILES string of the molecule is CCCC(Nc1nc(NCCCNCCNCCCN)nc(NC(CCC)C2CC(C)(C)NC(C)(C)C2)n1)C1CC(C)(C)NC(C)(C)C1. The Morgan fingerprint density at radius 1 is 0.604 bits per heavy atom. The van der Waals surface area contributed by atoms with Crippen molar-refractivity contribution in [3.05, 3.63) is 0 Å². The predicted octanol–water partition coefficient (Wildman–Crippen LogP) is 5.48. The number of nitrogens with zero attached hydrogens (tertiary/aromatic N) is 3. The van der Waals surface area contributed by atoms with E-state index < -0.39 is 0 Å². The van der Waals surface area contributed by atoms with Gasteiger partial charge in [0.2, 0.25) is 17.8 Å². The van der Waals surface area contributed by atoms with E-state index in [9.17, 15) is 0 Å². The molecule has 2 unspecified atom stereocenters. The quantitative estimate of drug-likeness (QED) is 0.0785. The first-order valence-corrected chi connectivity index (χ1v) is 19.3. The van der Waals surface area contributed by atoms with Crippen molar-refractivity contribution < 1.29 is 0 Å². The summed E-state index contributed by atoms with van der Waals surface area (Å²) in [5.74, 6) is 3.02. The van der Waals surface area contributed by atoms with Gasteiger partial charge in [-0.1, -0.05) is 26.7 Å². The molecule has 3 heterocycles. The minimum atomic E-state index is 0.0803. The average molecular weight is 674 g/mol. The van der Waals surface area contributed by atoms with Gasteiger partial charge in [0.1, 0.15) is 0 Å². The maximum atomic E-state index is 5.58. The molecule has 1 aromatic rings. The molecule has 2 aliphatic rings. The van der Waals surface area contributed by atoms with Crippen LogP contribution in [0.25, 0.3) is 0 Å². The highest BCUT2D eigenvalue weighted by Crippen LogP contribution is 2.38. The van der Waals surface area contributed by atoms with Gasteiger partial charge < -0.3 is 43.0 Å². The minimum absolute atomic E-state index is 0.0803. The third-order valence-corrected chi connectivity index (χ3v) is 9.90. The largest absolute Gasteiger partial charge is 0.354 e. The number of nitrogens with one attached hydrogen (secondary N) is 7. The highest BCUT2D eigenvalue weighted by Gasteiger charge is 2.42. The van der Waals surface area contributed by atoms with Gasteiger partial charge in [-0.3, -0.25) is 0 Å². The molecule has 2 saturated heterocycles. The van der Waals surface area contributed by atoms with E-state index in [0.717, 1.165) is 103 Å². The summed E-state index contributed by atoms with van der Waals surface area (Å²) in [6, 6.07) is 0.581. The number of hydrogen-bond acceptors (Lipinski definition) is 11. The summed E-state index contributed by atoms with van der Waals surface area (Å²) in [6.07, 6.45) is 10.8. The molecule has 0 spiro atoms. The third-order valence-electron chi connectivity index (χ3n) is 9.90. The number of nitrogens with two attached hydrogens (primary N) is 1. The van der Waals surface area contributed by atoms with Gasteiger partial charge in [0, 0.05) is 53.9 Å². The maximum absolute atomic E-state index is 5.58. The van der Waals surface area contributed by atoms with E-state index in [4.69, 9.17) is 20.7 Å². The Bertz CT molecular complexity index is 973. The van der Waals surface area contributed by atoms with Crippen LogP contribution in [0.4, 0.5) is 17.8 Å². The van der Waals surface area contributed by atoms with Crippen LogP contribution >= 0.6 is 0 Å².